The number of carbonyl (C=O) groups excluding carboxylic acids is 2. The van der Waals surface area contributed by atoms with Crippen molar-refractivity contribution in [2.75, 3.05) is 19.7 Å². The zero-order chi connectivity index (χ0) is 26.7. The number of halogens is 2. The predicted molar refractivity (Wildman–Crippen MR) is 129 cm³/mol. The molecule has 37 heavy (non-hydrogen) atoms. The summed E-state index contributed by atoms with van der Waals surface area (Å²) in [6, 6.07) is 3.77. The molecule has 0 unspecified atom stereocenters. The topological polar surface area (TPSA) is 117 Å². The molecule has 1 saturated heterocycles. The van der Waals surface area contributed by atoms with Gasteiger partial charge in [0.25, 0.3) is 5.91 Å². The standard InChI is InChI=1S/C26H33F2N3O6/c1-14(2)35-25(33)17-8-10-31(11-9-17)24(32)21-22(15(3)29)37-23(30-21)18-6-7-19(36-26(27)28)20(12-18)34-13-16-4-5-16/h6-7,12,14-17,26H,4-5,8-11,13,29H2,1-3H3/t15-/m0/s1. The van der Waals surface area contributed by atoms with Gasteiger partial charge in [-0.05, 0) is 70.6 Å². The fourth-order valence-electron chi connectivity index (χ4n) is 4.15. The highest BCUT2D eigenvalue weighted by atomic mass is 19.3. The smallest absolute Gasteiger partial charge is 0.387 e. The second kappa shape index (κ2) is 11.5. The number of hydrogen-bond donors (Lipinski definition) is 1. The molecule has 11 heteroatoms. The number of esters is 1. The molecule has 0 spiro atoms. The number of likely N-dealkylation sites (tertiary alicyclic amines) is 1. The minimum absolute atomic E-state index is 0.0848. The third-order valence-electron chi connectivity index (χ3n) is 6.32. The lowest BCUT2D eigenvalue weighted by atomic mass is 9.96. The molecule has 2 heterocycles. The van der Waals surface area contributed by atoms with Crippen molar-refractivity contribution in [2.24, 2.45) is 17.6 Å². The Morgan fingerprint density at radius 3 is 2.43 bits per heavy atom. The summed E-state index contributed by atoms with van der Waals surface area (Å²) in [5, 5.41) is 0. The van der Waals surface area contributed by atoms with Gasteiger partial charge in [0.2, 0.25) is 5.89 Å². The molecule has 1 aromatic heterocycles. The van der Waals surface area contributed by atoms with Gasteiger partial charge in [0.1, 0.15) is 0 Å². The number of piperidine rings is 1. The quantitative estimate of drug-likeness (QED) is 0.453. The summed E-state index contributed by atoms with van der Waals surface area (Å²) in [5.41, 5.74) is 6.60. The van der Waals surface area contributed by atoms with Crippen molar-refractivity contribution in [3.05, 3.63) is 29.7 Å². The van der Waals surface area contributed by atoms with Gasteiger partial charge in [-0.1, -0.05) is 0 Å². The molecule has 1 aliphatic carbocycles. The molecule has 1 atom stereocenters. The van der Waals surface area contributed by atoms with Crippen molar-refractivity contribution < 1.29 is 37.0 Å². The average molecular weight is 522 g/mol. The molecule has 0 bridgehead atoms. The van der Waals surface area contributed by atoms with Gasteiger partial charge < -0.3 is 29.3 Å². The van der Waals surface area contributed by atoms with Gasteiger partial charge >= 0.3 is 12.6 Å². The lowest BCUT2D eigenvalue weighted by Crippen LogP contribution is -2.41. The Morgan fingerprint density at radius 2 is 1.84 bits per heavy atom. The van der Waals surface area contributed by atoms with Gasteiger partial charge in [0, 0.05) is 18.7 Å². The molecule has 0 radical (unpaired) electrons. The maximum atomic E-state index is 13.4. The minimum Gasteiger partial charge on any atom is -0.489 e. The second-order valence-electron chi connectivity index (χ2n) is 9.87. The molecule has 2 fully saturated rings. The van der Waals surface area contributed by atoms with Gasteiger partial charge in [0.15, 0.2) is 23.0 Å². The number of amides is 1. The third kappa shape index (κ3) is 6.76. The van der Waals surface area contributed by atoms with Crippen LogP contribution in [0.2, 0.25) is 0 Å². The summed E-state index contributed by atoms with van der Waals surface area (Å²) in [5.74, 6) is -0.0603. The highest BCUT2D eigenvalue weighted by molar-refractivity contribution is 5.94. The zero-order valence-electron chi connectivity index (χ0n) is 21.2. The Labute approximate surface area is 214 Å². The van der Waals surface area contributed by atoms with E-state index in [0.29, 0.717) is 44.0 Å². The van der Waals surface area contributed by atoms with Crippen LogP contribution < -0.4 is 15.2 Å². The number of nitrogens with two attached hydrogens (primary N) is 1. The molecular formula is C26H33F2N3O6. The fraction of sp³-hybridized carbons (Fsp3) is 0.577. The summed E-state index contributed by atoms with van der Waals surface area (Å²) in [6.07, 6.45) is 2.85. The van der Waals surface area contributed by atoms with E-state index >= 15 is 0 Å². The molecule has 2 aliphatic rings. The Kier molecular flexibility index (Phi) is 8.31. The van der Waals surface area contributed by atoms with Crippen LogP contribution in [0.5, 0.6) is 11.5 Å². The van der Waals surface area contributed by atoms with Gasteiger partial charge in [-0.15, -0.1) is 0 Å². The minimum atomic E-state index is -3.00. The predicted octanol–water partition coefficient (Wildman–Crippen LogP) is 4.56. The summed E-state index contributed by atoms with van der Waals surface area (Å²) in [4.78, 5) is 31.6. The Balaban J connectivity index is 1.53. The number of aromatic nitrogens is 1. The lowest BCUT2D eigenvalue weighted by molar-refractivity contribution is -0.153. The number of oxazole rings is 1. The van der Waals surface area contributed by atoms with E-state index in [2.05, 4.69) is 9.72 Å². The first kappa shape index (κ1) is 26.8. The van der Waals surface area contributed by atoms with Crippen LogP contribution in [0.25, 0.3) is 11.5 Å². The number of rotatable bonds is 10. The van der Waals surface area contributed by atoms with Crippen LogP contribution in [-0.4, -0.2) is 54.2 Å². The van der Waals surface area contributed by atoms with Crippen LogP contribution in [-0.2, 0) is 9.53 Å². The number of carbonyl (C=O) groups is 2. The van der Waals surface area contributed by atoms with E-state index in [4.69, 9.17) is 19.6 Å². The van der Waals surface area contributed by atoms with E-state index in [1.165, 1.54) is 18.2 Å². The van der Waals surface area contributed by atoms with Crippen LogP contribution in [0, 0.1) is 11.8 Å². The van der Waals surface area contributed by atoms with E-state index in [0.717, 1.165) is 12.8 Å². The fourth-order valence-corrected chi connectivity index (χ4v) is 4.15. The summed E-state index contributed by atoms with van der Waals surface area (Å²) >= 11 is 0. The highest BCUT2D eigenvalue weighted by Gasteiger charge is 2.33. The van der Waals surface area contributed by atoms with Crippen LogP contribution in [0.3, 0.4) is 0 Å². The van der Waals surface area contributed by atoms with Crippen LogP contribution >= 0.6 is 0 Å². The molecule has 2 aromatic rings. The van der Waals surface area contributed by atoms with E-state index in [1.54, 1.807) is 25.7 Å². The maximum Gasteiger partial charge on any atom is 0.387 e. The lowest BCUT2D eigenvalue weighted by Gasteiger charge is -2.31. The van der Waals surface area contributed by atoms with Crippen LogP contribution in [0.1, 0.15) is 68.7 Å². The summed E-state index contributed by atoms with van der Waals surface area (Å²) in [7, 11) is 0. The number of nitrogens with zero attached hydrogens (tertiary/aromatic N) is 2. The normalized spacial score (nSPS) is 17.2. The van der Waals surface area contributed by atoms with Crippen molar-refractivity contribution in [3.8, 4) is 23.0 Å². The van der Waals surface area contributed by atoms with E-state index < -0.39 is 12.7 Å². The second-order valence-corrected chi connectivity index (χ2v) is 9.87. The van der Waals surface area contributed by atoms with Crippen molar-refractivity contribution in [3.63, 3.8) is 0 Å². The molecule has 2 N–H and O–H groups in total. The average Bonchev–Trinajstić information content (AvgIpc) is 3.57. The number of benzene rings is 1. The number of alkyl halides is 2. The molecule has 1 amide bonds. The number of hydrogen-bond acceptors (Lipinski definition) is 8. The van der Waals surface area contributed by atoms with Gasteiger partial charge in [0.05, 0.1) is 24.7 Å². The highest BCUT2D eigenvalue weighted by Crippen LogP contribution is 2.37. The summed E-state index contributed by atoms with van der Waals surface area (Å²) in [6.45, 7) is 3.42. The Morgan fingerprint density at radius 1 is 1.14 bits per heavy atom. The molecular weight excluding hydrogens is 488 g/mol. The molecule has 4 rings (SSSR count). The third-order valence-corrected chi connectivity index (χ3v) is 6.32. The zero-order valence-corrected chi connectivity index (χ0v) is 21.2. The Bertz CT molecular complexity index is 1110. The van der Waals surface area contributed by atoms with Gasteiger partial charge in [-0.25, -0.2) is 4.98 Å². The summed E-state index contributed by atoms with van der Waals surface area (Å²) < 4.78 is 47.3. The molecule has 1 saturated carbocycles. The van der Waals surface area contributed by atoms with Crippen LogP contribution in [0.15, 0.2) is 22.6 Å². The molecule has 1 aliphatic heterocycles. The number of ether oxygens (including phenoxy) is 3. The van der Waals surface area contributed by atoms with Crippen molar-refractivity contribution >= 4 is 11.9 Å². The van der Waals surface area contributed by atoms with Crippen molar-refractivity contribution in [1.29, 1.82) is 0 Å². The van der Waals surface area contributed by atoms with Crippen molar-refractivity contribution in [2.45, 2.75) is 65.2 Å². The van der Waals surface area contributed by atoms with Crippen LogP contribution in [0.4, 0.5) is 8.78 Å². The molecule has 1 aromatic carbocycles. The maximum absolute atomic E-state index is 13.4. The van der Waals surface area contributed by atoms with Gasteiger partial charge in [-0.2, -0.15) is 8.78 Å². The first-order valence-corrected chi connectivity index (χ1v) is 12.6. The van der Waals surface area contributed by atoms with E-state index in [-0.39, 0.29) is 52.7 Å². The first-order chi connectivity index (χ1) is 17.6. The molecule has 9 nitrogen and oxygen atoms in total. The van der Waals surface area contributed by atoms with Crippen molar-refractivity contribution in [1.82, 2.24) is 9.88 Å². The first-order valence-electron chi connectivity index (χ1n) is 12.6. The SMILES string of the molecule is CC(C)OC(=O)C1CCN(C(=O)c2nc(-c3ccc(OC(F)F)c(OCC4CC4)c3)oc2[C@H](C)N)CC1. The van der Waals surface area contributed by atoms with E-state index in [1.807, 2.05) is 0 Å². The largest absolute Gasteiger partial charge is 0.489 e. The monoisotopic (exact) mass is 521 g/mol. The Hall–Kier alpha value is -3.21. The van der Waals surface area contributed by atoms with Gasteiger partial charge in [-0.3, -0.25) is 9.59 Å². The van der Waals surface area contributed by atoms with E-state index in [9.17, 15) is 18.4 Å². The molecule has 202 valence electrons.